The first-order valence-electron chi connectivity index (χ1n) is 6.14. The zero-order valence-electron chi connectivity index (χ0n) is 11.5. The van der Waals surface area contributed by atoms with Crippen molar-refractivity contribution in [3.05, 3.63) is 30.3 Å². The summed E-state index contributed by atoms with van der Waals surface area (Å²) >= 11 is 1.56. The Labute approximate surface area is 114 Å². The summed E-state index contributed by atoms with van der Waals surface area (Å²) in [5, 5.41) is 3.00. The quantitative estimate of drug-likeness (QED) is 0.858. The summed E-state index contributed by atoms with van der Waals surface area (Å²) in [5.74, 6) is 0.107. The zero-order valence-corrected chi connectivity index (χ0v) is 12.3. The summed E-state index contributed by atoms with van der Waals surface area (Å²) in [6.45, 7) is 4.69. The molecule has 0 heterocycles. The minimum Gasteiger partial charge on any atom is -0.370 e. The fourth-order valence-corrected chi connectivity index (χ4v) is 1.85. The Hall–Kier alpha value is -1.16. The number of rotatable bonds is 6. The van der Waals surface area contributed by atoms with Gasteiger partial charge in [-0.1, -0.05) is 18.2 Å². The maximum absolute atomic E-state index is 11.7. The van der Waals surface area contributed by atoms with E-state index in [0.29, 0.717) is 6.54 Å². The number of carbonyl (C=O) groups is 1. The highest BCUT2D eigenvalue weighted by atomic mass is 32.2. The van der Waals surface area contributed by atoms with E-state index < -0.39 is 0 Å². The maximum Gasteiger partial charge on any atom is 0.232 e. The van der Waals surface area contributed by atoms with E-state index in [0.717, 1.165) is 5.69 Å². The van der Waals surface area contributed by atoms with Gasteiger partial charge < -0.3 is 10.2 Å². The standard InChI is InChI=1S/C14H22N2OS/c1-11(10-15-14(17)12(2)18-4)16(3)13-8-6-5-7-9-13/h5-9,11-12H,10H2,1-4H3,(H,15,17)/t11-,12-/m0/s1. The number of thioether (sulfide) groups is 1. The first-order valence-corrected chi connectivity index (χ1v) is 7.43. The molecule has 4 heteroatoms. The summed E-state index contributed by atoms with van der Waals surface area (Å²) < 4.78 is 0. The van der Waals surface area contributed by atoms with E-state index in [1.54, 1.807) is 11.8 Å². The predicted octanol–water partition coefficient (Wildman–Crippen LogP) is 2.38. The van der Waals surface area contributed by atoms with Gasteiger partial charge in [-0.05, 0) is 32.2 Å². The number of hydrogen-bond acceptors (Lipinski definition) is 3. The lowest BCUT2D eigenvalue weighted by molar-refractivity contribution is -0.120. The van der Waals surface area contributed by atoms with Gasteiger partial charge >= 0.3 is 0 Å². The Morgan fingerprint density at radius 1 is 1.33 bits per heavy atom. The van der Waals surface area contributed by atoms with Gasteiger partial charge in [-0.15, -0.1) is 0 Å². The van der Waals surface area contributed by atoms with Gasteiger partial charge in [0, 0.05) is 25.3 Å². The van der Waals surface area contributed by atoms with Crippen molar-refractivity contribution in [1.29, 1.82) is 0 Å². The molecule has 0 aliphatic rings. The minimum absolute atomic E-state index is 0.0132. The molecule has 1 aromatic rings. The van der Waals surface area contributed by atoms with E-state index in [1.165, 1.54) is 0 Å². The van der Waals surface area contributed by atoms with E-state index in [1.807, 2.05) is 38.4 Å². The van der Waals surface area contributed by atoms with Crippen LogP contribution in [0.3, 0.4) is 0 Å². The highest BCUT2D eigenvalue weighted by Crippen LogP contribution is 2.13. The van der Waals surface area contributed by atoms with Crippen LogP contribution in [0.5, 0.6) is 0 Å². The van der Waals surface area contributed by atoms with Crippen molar-refractivity contribution in [3.8, 4) is 0 Å². The molecule has 0 radical (unpaired) electrons. The van der Waals surface area contributed by atoms with Gasteiger partial charge in [-0.25, -0.2) is 0 Å². The van der Waals surface area contributed by atoms with Crippen LogP contribution in [0.25, 0.3) is 0 Å². The van der Waals surface area contributed by atoms with E-state index in [-0.39, 0.29) is 17.2 Å². The largest absolute Gasteiger partial charge is 0.370 e. The van der Waals surface area contributed by atoms with Crippen LogP contribution in [-0.2, 0) is 4.79 Å². The minimum atomic E-state index is 0.0132. The molecule has 0 unspecified atom stereocenters. The highest BCUT2D eigenvalue weighted by Gasteiger charge is 2.14. The van der Waals surface area contributed by atoms with Crippen LogP contribution in [0, 0.1) is 0 Å². The lowest BCUT2D eigenvalue weighted by Gasteiger charge is -2.27. The lowest BCUT2D eigenvalue weighted by Crippen LogP contribution is -2.42. The van der Waals surface area contributed by atoms with Gasteiger partial charge in [-0.3, -0.25) is 4.79 Å². The second-order valence-electron chi connectivity index (χ2n) is 4.42. The SMILES string of the molecule is CS[C@@H](C)C(=O)NC[C@H](C)N(C)c1ccccc1. The normalized spacial score (nSPS) is 13.8. The topological polar surface area (TPSA) is 32.3 Å². The first-order chi connectivity index (χ1) is 8.56. The summed E-state index contributed by atoms with van der Waals surface area (Å²) in [6.07, 6.45) is 1.95. The molecular weight excluding hydrogens is 244 g/mol. The van der Waals surface area contributed by atoms with Crippen LogP contribution in [0.1, 0.15) is 13.8 Å². The monoisotopic (exact) mass is 266 g/mol. The molecule has 1 rings (SSSR count). The number of benzene rings is 1. The average molecular weight is 266 g/mol. The van der Waals surface area contributed by atoms with Crippen molar-refractivity contribution >= 4 is 23.4 Å². The van der Waals surface area contributed by atoms with Crippen molar-refractivity contribution in [2.75, 3.05) is 24.7 Å². The molecule has 0 saturated heterocycles. The van der Waals surface area contributed by atoms with Gasteiger partial charge in [0.25, 0.3) is 0 Å². The maximum atomic E-state index is 11.7. The smallest absolute Gasteiger partial charge is 0.232 e. The van der Waals surface area contributed by atoms with Crippen LogP contribution in [0.15, 0.2) is 30.3 Å². The average Bonchev–Trinajstić information content (AvgIpc) is 2.43. The van der Waals surface area contributed by atoms with Crippen molar-refractivity contribution in [2.45, 2.75) is 25.1 Å². The Morgan fingerprint density at radius 3 is 2.50 bits per heavy atom. The number of nitrogens with one attached hydrogen (secondary N) is 1. The highest BCUT2D eigenvalue weighted by molar-refractivity contribution is 7.99. The summed E-state index contributed by atoms with van der Waals surface area (Å²) in [5.41, 5.74) is 1.16. The van der Waals surface area contributed by atoms with Crippen molar-refractivity contribution < 1.29 is 4.79 Å². The summed E-state index contributed by atoms with van der Waals surface area (Å²) in [7, 11) is 2.05. The third-order valence-electron chi connectivity index (χ3n) is 3.12. The zero-order chi connectivity index (χ0) is 13.5. The van der Waals surface area contributed by atoms with Crippen molar-refractivity contribution in [3.63, 3.8) is 0 Å². The summed E-state index contributed by atoms with van der Waals surface area (Å²) in [4.78, 5) is 13.9. The molecule has 0 spiro atoms. The fourth-order valence-electron chi connectivity index (χ4n) is 1.55. The van der Waals surface area contributed by atoms with Crippen LogP contribution in [0.4, 0.5) is 5.69 Å². The molecule has 0 fully saturated rings. The molecule has 0 aliphatic carbocycles. The number of likely N-dealkylation sites (N-methyl/N-ethyl adjacent to an activating group) is 1. The van der Waals surface area contributed by atoms with Gasteiger partial charge in [-0.2, -0.15) is 11.8 Å². The third kappa shape index (κ3) is 4.26. The molecule has 100 valence electrons. The Morgan fingerprint density at radius 2 is 1.94 bits per heavy atom. The second kappa shape index (κ2) is 7.31. The van der Waals surface area contributed by atoms with Crippen LogP contribution in [-0.4, -0.2) is 37.0 Å². The van der Waals surface area contributed by atoms with Crippen LogP contribution in [0.2, 0.25) is 0 Å². The van der Waals surface area contributed by atoms with Gasteiger partial charge in [0.15, 0.2) is 0 Å². The molecule has 0 bridgehead atoms. The fraction of sp³-hybridized carbons (Fsp3) is 0.500. The van der Waals surface area contributed by atoms with Crippen LogP contribution < -0.4 is 10.2 Å². The van der Waals surface area contributed by atoms with Crippen molar-refractivity contribution in [2.24, 2.45) is 0 Å². The molecular formula is C14H22N2OS. The van der Waals surface area contributed by atoms with Gasteiger partial charge in [0.1, 0.15) is 0 Å². The van der Waals surface area contributed by atoms with E-state index in [2.05, 4.69) is 29.3 Å². The Bertz CT molecular complexity index is 369. The molecule has 1 aromatic carbocycles. The number of carbonyl (C=O) groups excluding carboxylic acids is 1. The molecule has 2 atom stereocenters. The second-order valence-corrected chi connectivity index (χ2v) is 5.60. The summed E-state index contributed by atoms with van der Waals surface area (Å²) in [6, 6.07) is 10.5. The molecule has 3 nitrogen and oxygen atoms in total. The number of hydrogen-bond donors (Lipinski definition) is 1. The van der Waals surface area contributed by atoms with Gasteiger partial charge in [0.05, 0.1) is 5.25 Å². The number of anilines is 1. The van der Waals surface area contributed by atoms with Crippen molar-refractivity contribution in [1.82, 2.24) is 5.32 Å². The Balaban J connectivity index is 2.46. The predicted molar refractivity (Wildman–Crippen MR) is 80.3 cm³/mol. The molecule has 1 N–H and O–H groups in total. The van der Waals surface area contributed by atoms with Crippen LogP contribution >= 0.6 is 11.8 Å². The molecule has 0 saturated carbocycles. The number of amides is 1. The van der Waals surface area contributed by atoms with E-state index in [4.69, 9.17) is 0 Å². The molecule has 0 aromatic heterocycles. The Kier molecular flexibility index (Phi) is 6.05. The van der Waals surface area contributed by atoms with E-state index in [9.17, 15) is 4.79 Å². The van der Waals surface area contributed by atoms with E-state index >= 15 is 0 Å². The molecule has 0 aliphatic heterocycles. The molecule has 1 amide bonds. The van der Waals surface area contributed by atoms with Gasteiger partial charge in [0.2, 0.25) is 5.91 Å². The first kappa shape index (κ1) is 14.9. The third-order valence-corrected chi connectivity index (χ3v) is 4.04. The number of nitrogens with zero attached hydrogens (tertiary/aromatic N) is 1. The number of para-hydroxylation sites is 1. The lowest BCUT2D eigenvalue weighted by atomic mass is 10.2. The molecule has 18 heavy (non-hydrogen) atoms.